The van der Waals surface area contributed by atoms with Gasteiger partial charge in [0.25, 0.3) is 0 Å². The van der Waals surface area contributed by atoms with Gasteiger partial charge < -0.3 is 4.74 Å². The highest BCUT2D eigenvalue weighted by molar-refractivity contribution is 7.91. The molecule has 21 heavy (non-hydrogen) atoms. The molecule has 116 valence electrons. The number of morpholine rings is 1. The summed E-state index contributed by atoms with van der Waals surface area (Å²) < 4.78 is 29.4. The first-order valence-electron chi connectivity index (χ1n) is 6.89. The zero-order chi connectivity index (χ0) is 15.3. The van der Waals surface area contributed by atoms with E-state index < -0.39 is 9.84 Å². The Hall–Kier alpha value is -1.44. The number of rotatable bonds is 5. The van der Waals surface area contributed by atoms with Gasteiger partial charge in [0.2, 0.25) is 5.91 Å². The van der Waals surface area contributed by atoms with Crippen molar-refractivity contribution in [2.24, 2.45) is 0 Å². The van der Waals surface area contributed by atoms with E-state index in [-0.39, 0.29) is 23.0 Å². The Balaban J connectivity index is 1.86. The lowest BCUT2D eigenvalue weighted by Gasteiger charge is -2.26. The number of aryl methyl sites for hydroxylation is 1. The van der Waals surface area contributed by atoms with Crippen LogP contribution in [0.25, 0.3) is 0 Å². The molecular weight excluding hydrogens is 292 g/mol. The van der Waals surface area contributed by atoms with Gasteiger partial charge in [-0.2, -0.15) is 0 Å². The number of benzene rings is 1. The highest BCUT2D eigenvalue weighted by Crippen LogP contribution is 2.13. The number of ether oxygens (including phenoxy) is 1. The molecule has 0 saturated carbocycles. The number of carbonyl (C=O) groups excluding carboxylic acids is 1. The van der Waals surface area contributed by atoms with Crippen molar-refractivity contribution in [1.29, 1.82) is 0 Å². The molecule has 1 heterocycles. The molecular formula is C14H20N2O4S. The molecule has 7 heteroatoms. The van der Waals surface area contributed by atoms with Crippen LogP contribution in [0.2, 0.25) is 0 Å². The van der Waals surface area contributed by atoms with Gasteiger partial charge in [0.1, 0.15) is 0 Å². The molecule has 0 atom stereocenters. The zero-order valence-corrected chi connectivity index (χ0v) is 12.9. The van der Waals surface area contributed by atoms with Crippen LogP contribution in [0.3, 0.4) is 0 Å². The fraction of sp³-hybridized carbons (Fsp3) is 0.500. The Bertz CT molecular complexity index is 577. The standard InChI is InChI=1S/C14H20N2O4S/c1-12-2-4-13(5-3-12)21(18,19)11-6-14(17)15-16-7-9-20-10-8-16/h2-5H,6-11H2,1H3,(H,15,17). The molecule has 1 aromatic carbocycles. The van der Waals surface area contributed by atoms with E-state index in [0.717, 1.165) is 5.56 Å². The number of hydrazine groups is 1. The Morgan fingerprint density at radius 1 is 1.24 bits per heavy atom. The van der Waals surface area contributed by atoms with Crippen molar-refractivity contribution in [2.75, 3.05) is 32.1 Å². The molecule has 1 amide bonds. The van der Waals surface area contributed by atoms with Gasteiger partial charge in [-0.3, -0.25) is 10.2 Å². The van der Waals surface area contributed by atoms with Gasteiger partial charge in [-0.05, 0) is 19.1 Å². The third-order valence-electron chi connectivity index (χ3n) is 3.27. The van der Waals surface area contributed by atoms with Crippen molar-refractivity contribution in [3.8, 4) is 0 Å². The Labute approximate surface area is 125 Å². The van der Waals surface area contributed by atoms with Crippen LogP contribution >= 0.6 is 0 Å². The third-order valence-corrected chi connectivity index (χ3v) is 5.00. The maximum atomic E-state index is 12.1. The van der Waals surface area contributed by atoms with E-state index in [4.69, 9.17) is 4.74 Å². The van der Waals surface area contributed by atoms with Crippen LogP contribution in [-0.2, 0) is 19.4 Å². The summed E-state index contributed by atoms with van der Waals surface area (Å²) in [5, 5.41) is 1.75. The molecule has 1 fully saturated rings. The maximum absolute atomic E-state index is 12.1. The number of carbonyl (C=O) groups is 1. The van der Waals surface area contributed by atoms with E-state index >= 15 is 0 Å². The highest BCUT2D eigenvalue weighted by atomic mass is 32.2. The minimum Gasteiger partial charge on any atom is -0.379 e. The second kappa shape index (κ2) is 7.02. The molecule has 6 nitrogen and oxygen atoms in total. The van der Waals surface area contributed by atoms with Crippen LogP contribution in [0, 0.1) is 6.92 Å². The minimum absolute atomic E-state index is 0.0480. The van der Waals surface area contributed by atoms with Crippen molar-refractivity contribution in [1.82, 2.24) is 10.4 Å². The summed E-state index contributed by atoms with van der Waals surface area (Å²) in [6.07, 6.45) is -0.0480. The van der Waals surface area contributed by atoms with Gasteiger partial charge >= 0.3 is 0 Å². The van der Waals surface area contributed by atoms with Crippen molar-refractivity contribution >= 4 is 15.7 Å². The lowest BCUT2D eigenvalue weighted by atomic mass is 10.2. The number of sulfone groups is 1. The lowest BCUT2D eigenvalue weighted by molar-refractivity contribution is -0.127. The quantitative estimate of drug-likeness (QED) is 0.858. The minimum atomic E-state index is -3.42. The van der Waals surface area contributed by atoms with Crippen LogP contribution in [0.1, 0.15) is 12.0 Å². The molecule has 1 saturated heterocycles. The molecule has 0 aromatic heterocycles. The van der Waals surface area contributed by atoms with E-state index in [9.17, 15) is 13.2 Å². The molecule has 1 aliphatic rings. The Morgan fingerprint density at radius 2 is 1.86 bits per heavy atom. The smallest absolute Gasteiger partial charge is 0.235 e. The van der Waals surface area contributed by atoms with Crippen LogP contribution < -0.4 is 5.43 Å². The molecule has 0 unspecified atom stereocenters. The van der Waals surface area contributed by atoms with Crippen LogP contribution in [0.15, 0.2) is 29.2 Å². The van der Waals surface area contributed by atoms with Gasteiger partial charge in [0.15, 0.2) is 9.84 Å². The average molecular weight is 312 g/mol. The fourth-order valence-electron chi connectivity index (χ4n) is 2.00. The van der Waals surface area contributed by atoms with Crippen molar-refractivity contribution < 1.29 is 17.9 Å². The molecule has 0 aliphatic carbocycles. The summed E-state index contributed by atoms with van der Waals surface area (Å²) in [7, 11) is -3.42. The molecule has 0 spiro atoms. The van der Waals surface area contributed by atoms with E-state index in [1.165, 1.54) is 0 Å². The van der Waals surface area contributed by atoms with Gasteiger partial charge in [-0.15, -0.1) is 0 Å². The van der Waals surface area contributed by atoms with Gasteiger partial charge in [0.05, 0.1) is 23.9 Å². The van der Waals surface area contributed by atoms with Crippen LogP contribution in [-0.4, -0.2) is 51.4 Å². The van der Waals surface area contributed by atoms with Crippen LogP contribution in [0.4, 0.5) is 0 Å². The van der Waals surface area contributed by atoms with Crippen LogP contribution in [0.5, 0.6) is 0 Å². The second-order valence-electron chi connectivity index (χ2n) is 5.02. The summed E-state index contributed by atoms with van der Waals surface area (Å²) in [4.78, 5) is 12.0. The lowest BCUT2D eigenvalue weighted by Crippen LogP contribution is -2.48. The van der Waals surface area contributed by atoms with E-state index in [2.05, 4.69) is 5.43 Å². The normalized spacial score (nSPS) is 16.6. The summed E-state index contributed by atoms with van der Waals surface area (Å²) in [5.41, 5.74) is 3.70. The first kappa shape index (κ1) is 15.9. The van der Waals surface area contributed by atoms with Crippen molar-refractivity contribution in [3.63, 3.8) is 0 Å². The SMILES string of the molecule is Cc1ccc(S(=O)(=O)CCC(=O)NN2CCOCC2)cc1. The van der Waals surface area contributed by atoms with E-state index in [1.807, 2.05) is 6.92 Å². The van der Waals surface area contributed by atoms with E-state index in [0.29, 0.717) is 26.3 Å². The Kier molecular flexibility index (Phi) is 5.33. The number of amides is 1. The highest BCUT2D eigenvalue weighted by Gasteiger charge is 2.18. The first-order valence-corrected chi connectivity index (χ1v) is 8.54. The predicted molar refractivity (Wildman–Crippen MR) is 78.4 cm³/mol. The summed E-state index contributed by atoms with van der Waals surface area (Å²) in [5.74, 6) is -0.473. The molecule has 2 rings (SSSR count). The molecule has 1 aromatic rings. The summed E-state index contributed by atoms with van der Waals surface area (Å²) >= 11 is 0. The van der Waals surface area contributed by atoms with Gasteiger partial charge in [0, 0.05) is 19.5 Å². The fourth-order valence-corrected chi connectivity index (χ4v) is 3.24. The van der Waals surface area contributed by atoms with Gasteiger partial charge in [-0.25, -0.2) is 13.4 Å². The largest absolute Gasteiger partial charge is 0.379 e. The zero-order valence-electron chi connectivity index (χ0n) is 12.0. The summed E-state index contributed by atoms with van der Waals surface area (Å²) in [6, 6.07) is 6.65. The maximum Gasteiger partial charge on any atom is 0.235 e. The number of nitrogens with zero attached hydrogens (tertiary/aromatic N) is 1. The second-order valence-corrected chi connectivity index (χ2v) is 7.13. The Morgan fingerprint density at radius 3 is 2.48 bits per heavy atom. The molecule has 1 N–H and O–H groups in total. The first-order chi connectivity index (χ1) is 9.97. The number of hydrogen-bond acceptors (Lipinski definition) is 5. The average Bonchev–Trinajstić information content (AvgIpc) is 2.47. The molecule has 0 bridgehead atoms. The van der Waals surface area contributed by atoms with Gasteiger partial charge in [-0.1, -0.05) is 17.7 Å². The topological polar surface area (TPSA) is 75.7 Å². The third kappa shape index (κ3) is 4.80. The van der Waals surface area contributed by atoms with Crippen molar-refractivity contribution in [3.05, 3.63) is 29.8 Å². The predicted octanol–water partition coefficient (Wildman–Crippen LogP) is 0.522. The van der Waals surface area contributed by atoms with E-state index in [1.54, 1.807) is 29.3 Å². The monoisotopic (exact) mass is 312 g/mol. The summed E-state index contributed by atoms with van der Waals surface area (Å²) in [6.45, 7) is 4.28. The molecule has 1 aliphatic heterocycles. The molecule has 0 radical (unpaired) electrons. The number of nitrogens with one attached hydrogen (secondary N) is 1. The van der Waals surface area contributed by atoms with Crippen molar-refractivity contribution in [2.45, 2.75) is 18.2 Å². The number of hydrogen-bond donors (Lipinski definition) is 1.